The smallest absolute Gasteiger partial charge is 0.220 e. The van der Waals surface area contributed by atoms with Crippen LogP contribution in [0.1, 0.15) is 42.9 Å². The molecule has 0 bridgehead atoms. The number of carbonyl (C=O) groups excluding carboxylic acids is 1. The molecule has 1 aliphatic heterocycles. The van der Waals surface area contributed by atoms with Gasteiger partial charge in [0.05, 0.1) is 20.3 Å². The van der Waals surface area contributed by atoms with Gasteiger partial charge in [-0.05, 0) is 68.0 Å². The fraction of sp³-hybridized carbons (Fsp3) is 0.458. The maximum atomic E-state index is 12.7. The van der Waals surface area contributed by atoms with Gasteiger partial charge in [0.15, 0.2) is 11.5 Å². The first-order chi connectivity index (χ1) is 14.2. The van der Waals surface area contributed by atoms with Gasteiger partial charge in [0, 0.05) is 6.42 Å². The molecule has 0 radical (unpaired) electrons. The van der Waals surface area contributed by atoms with Crippen LogP contribution in [0, 0.1) is 5.92 Å². The van der Waals surface area contributed by atoms with Gasteiger partial charge in [0.2, 0.25) is 5.91 Å². The van der Waals surface area contributed by atoms with E-state index in [1.165, 1.54) is 12.8 Å². The highest BCUT2D eigenvalue weighted by atomic mass is 16.5. The molecule has 2 aromatic rings. The molecule has 156 valence electrons. The van der Waals surface area contributed by atoms with Gasteiger partial charge >= 0.3 is 0 Å². The number of nitrogens with one attached hydrogen (secondary N) is 2. The predicted molar refractivity (Wildman–Crippen MR) is 115 cm³/mol. The van der Waals surface area contributed by atoms with E-state index in [2.05, 4.69) is 22.8 Å². The lowest BCUT2D eigenvalue weighted by molar-refractivity contribution is -0.122. The fourth-order valence-corrected chi connectivity index (χ4v) is 3.95. The number of benzene rings is 2. The van der Waals surface area contributed by atoms with Crippen LogP contribution in [-0.4, -0.2) is 33.2 Å². The lowest BCUT2D eigenvalue weighted by Gasteiger charge is -2.23. The molecule has 0 spiro atoms. The third-order valence-corrected chi connectivity index (χ3v) is 5.66. The molecule has 5 nitrogen and oxygen atoms in total. The van der Waals surface area contributed by atoms with E-state index in [0.717, 1.165) is 30.6 Å². The standard InChI is InChI=1S/C24H32N2O3/c1-28-22-10-8-19(17-23(22)29-2)16-21(20-6-4-3-5-7-20)26-24(27)11-9-18-12-14-25-15-13-18/h3-8,10,17-18,21,25H,9,11-16H2,1-2H3,(H,26,27). The molecule has 1 aliphatic rings. The molecule has 29 heavy (non-hydrogen) atoms. The van der Waals surface area contributed by atoms with Gasteiger partial charge in [0.25, 0.3) is 0 Å². The Kier molecular flexibility index (Phi) is 7.94. The third-order valence-electron chi connectivity index (χ3n) is 5.66. The summed E-state index contributed by atoms with van der Waals surface area (Å²) in [4.78, 5) is 12.7. The zero-order chi connectivity index (χ0) is 20.5. The highest BCUT2D eigenvalue weighted by Crippen LogP contribution is 2.29. The number of rotatable bonds is 9. The molecule has 0 saturated carbocycles. The minimum atomic E-state index is -0.0742. The summed E-state index contributed by atoms with van der Waals surface area (Å²) in [6.45, 7) is 2.14. The van der Waals surface area contributed by atoms with E-state index in [1.54, 1.807) is 14.2 Å². The molecule has 1 heterocycles. The maximum Gasteiger partial charge on any atom is 0.220 e. The zero-order valence-electron chi connectivity index (χ0n) is 17.4. The van der Waals surface area contributed by atoms with Crippen molar-refractivity contribution in [2.45, 2.75) is 38.1 Å². The number of amides is 1. The van der Waals surface area contributed by atoms with E-state index >= 15 is 0 Å². The normalized spacial score (nSPS) is 15.5. The molecule has 1 amide bonds. The number of carbonyl (C=O) groups is 1. The van der Waals surface area contributed by atoms with E-state index in [0.29, 0.717) is 30.3 Å². The van der Waals surface area contributed by atoms with Crippen molar-refractivity contribution in [1.29, 1.82) is 0 Å². The van der Waals surface area contributed by atoms with Crippen molar-refractivity contribution >= 4 is 5.91 Å². The molecule has 1 saturated heterocycles. The van der Waals surface area contributed by atoms with Gasteiger partial charge < -0.3 is 20.1 Å². The largest absolute Gasteiger partial charge is 0.493 e. The van der Waals surface area contributed by atoms with Crippen LogP contribution >= 0.6 is 0 Å². The molecule has 2 aromatic carbocycles. The summed E-state index contributed by atoms with van der Waals surface area (Å²) < 4.78 is 10.8. The molecular weight excluding hydrogens is 364 g/mol. The summed E-state index contributed by atoms with van der Waals surface area (Å²) in [6, 6.07) is 16.0. The van der Waals surface area contributed by atoms with Crippen LogP contribution in [-0.2, 0) is 11.2 Å². The fourth-order valence-electron chi connectivity index (χ4n) is 3.95. The van der Waals surface area contributed by atoms with Gasteiger partial charge in [-0.25, -0.2) is 0 Å². The zero-order valence-corrected chi connectivity index (χ0v) is 17.4. The van der Waals surface area contributed by atoms with Crippen LogP contribution < -0.4 is 20.1 Å². The summed E-state index contributed by atoms with van der Waals surface area (Å²) >= 11 is 0. The summed E-state index contributed by atoms with van der Waals surface area (Å²) in [6.07, 6.45) is 4.58. The van der Waals surface area contributed by atoms with Crippen molar-refractivity contribution in [2.75, 3.05) is 27.3 Å². The van der Waals surface area contributed by atoms with Crippen LogP contribution in [0.4, 0.5) is 0 Å². The molecule has 1 atom stereocenters. The Morgan fingerprint density at radius 3 is 2.48 bits per heavy atom. The van der Waals surface area contributed by atoms with Crippen LogP contribution in [0.2, 0.25) is 0 Å². The van der Waals surface area contributed by atoms with Gasteiger partial charge in [-0.3, -0.25) is 4.79 Å². The average Bonchev–Trinajstić information content (AvgIpc) is 2.78. The van der Waals surface area contributed by atoms with E-state index in [1.807, 2.05) is 36.4 Å². The summed E-state index contributed by atoms with van der Waals surface area (Å²) in [5.41, 5.74) is 2.20. The molecule has 5 heteroatoms. The Bertz CT molecular complexity index is 773. The highest BCUT2D eigenvalue weighted by molar-refractivity contribution is 5.76. The quantitative estimate of drug-likeness (QED) is 0.675. The molecule has 1 unspecified atom stereocenters. The summed E-state index contributed by atoms with van der Waals surface area (Å²) in [7, 11) is 3.27. The van der Waals surface area contributed by atoms with E-state index < -0.39 is 0 Å². The molecule has 1 fully saturated rings. The number of hydrogen-bond acceptors (Lipinski definition) is 4. The van der Waals surface area contributed by atoms with Gasteiger partial charge in [0.1, 0.15) is 0 Å². The summed E-state index contributed by atoms with van der Waals surface area (Å²) in [5, 5.41) is 6.64. The van der Waals surface area contributed by atoms with Crippen molar-refractivity contribution in [3.05, 3.63) is 59.7 Å². The second kappa shape index (κ2) is 10.9. The van der Waals surface area contributed by atoms with E-state index in [9.17, 15) is 4.79 Å². The predicted octanol–water partition coefficient (Wildman–Crippen LogP) is 3.88. The Morgan fingerprint density at radius 1 is 1.07 bits per heavy atom. The minimum Gasteiger partial charge on any atom is -0.493 e. The van der Waals surface area contributed by atoms with Crippen molar-refractivity contribution in [1.82, 2.24) is 10.6 Å². The highest BCUT2D eigenvalue weighted by Gasteiger charge is 2.19. The number of ether oxygens (including phenoxy) is 2. The van der Waals surface area contributed by atoms with Crippen molar-refractivity contribution < 1.29 is 14.3 Å². The van der Waals surface area contributed by atoms with Crippen molar-refractivity contribution in [2.24, 2.45) is 5.92 Å². The first kappa shape index (κ1) is 21.2. The van der Waals surface area contributed by atoms with Crippen molar-refractivity contribution in [3.63, 3.8) is 0 Å². The number of methoxy groups -OCH3 is 2. The lowest BCUT2D eigenvalue weighted by atomic mass is 9.92. The van der Waals surface area contributed by atoms with Gasteiger partial charge in [-0.15, -0.1) is 0 Å². The third kappa shape index (κ3) is 6.23. The van der Waals surface area contributed by atoms with E-state index in [-0.39, 0.29) is 11.9 Å². The number of hydrogen-bond donors (Lipinski definition) is 2. The second-order valence-corrected chi connectivity index (χ2v) is 7.66. The molecule has 3 rings (SSSR count). The lowest BCUT2D eigenvalue weighted by Crippen LogP contribution is -2.32. The number of piperidine rings is 1. The van der Waals surface area contributed by atoms with E-state index in [4.69, 9.17) is 9.47 Å². The summed E-state index contributed by atoms with van der Waals surface area (Å²) in [5.74, 6) is 2.19. The van der Waals surface area contributed by atoms with Crippen LogP contribution in [0.5, 0.6) is 11.5 Å². The van der Waals surface area contributed by atoms with Crippen LogP contribution in [0.15, 0.2) is 48.5 Å². The first-order valence-electron chi connectivity index (χ1n) is 10.5. The molecule has 0 aromatic heterocycles. The molecule has 2 N–H and O–H groups in total. The Morgan fingerprint density at radius 2 is 1.79 bits per heavy atom. The maximum absolute atomic E-state index is 12.7. The Labute approximate surface area is 173 Å². The Hall–Kier alpha value is -2.53. The first-order valence-corrected chi connectivity index (χ1v) is 10.5. The minimum absolute atomic E-state index is 0.0742. The molecular formula is C24H32N2O3. The van der Waals surface area contributed by atoms with Gasteiger partial charge in [-0.2, -0.15) is 0 Å². The molecule has 0 aliphatic carbocycles. The van der Waals surface area contributed by atoms with Crippen molar-refractivity contribution in [3.8, 4) is 11.5 Å². The van der Waals surface area contributed by atoms with Gasteiger partial charge in [-0.1, -0.05) is 36.4 Å². The average molecular weight is 397 g/mol. The second-order valence-electron chi connectivity index (χ2n) is 7.66. The topological polar surface area (TPSA) is 59.6 Å². The van der Waals surface area contributed by atoms with Crippen LogP contribution in [0.3, 0.4) is 0 Å². The van der Waals surface area contributed by atoms with Crippen LogP contribution in [0.25, 0.3) is 0 Å². The monoisotopic (exact) mass is 396 g/mol. The Balaban J connectivity index is 1.67. The SMILES string of the molecule is COc1ccc(CC(NC(=O)CCC2CCNCC2)c2ccccc2)cc1OC.